The zero-order valence-electron chi connectivity index (χ0n) is 7.01. The van der Waals surface area contributed by atoms with Gasteiger partial charge in [0.05, 0.1) is 12.7 Å². The van der Waals surface area contributed by atoms with E-state index >= 15 is 0 Å². The molecule has 0 amide bonds. The normalized spacial score (nSPS) is 14.1. The van der Waals surface area contributed by atoms with Crippen LogP contribution in [0.4, 0.5) is 0 Å². The van der Waals surface area contributed by atoms with Crippen LogP contribution in [0, 0.1) is 0 Å². The Hall–Kier alpha value is 0.01000. The Bertz CT molecular complexity index is 159. The second kappa shape index (κ2) is 4.90. The molecule has 0 aromatic carbocycles. The van der Waals surface area contributed by atoms with Crippen LogP contribution in [0.1, 0.15) is 20.3 Å². The molecule has 0 aromatic rings. The first-order valence-corrected chi connectivity index (χ1v) is 4.45. The summed E-state index contributed by atoms with van der Waals surface area (Å²) in [4.78, 5) is 11.0. The number of carbonyl (C=O) groups is 1. The van der Waals surface area contributed by atoms with Crippen LogP contribution in [-0.4, -0.2) is 28.1 Å². The van der Waals surface area contributed by atoms with Gasteiger partial charge in [-0.25, -0.2) is 4.79 Å². The molecule has 1 unspecified atom stereocenters. The molecule has 5 heteroatoms. The average molecular weight is 215 g/mol. The highest BCUT2D eigenvalue weighted by Gasteiger charge is 2.42. The van der Waals surface area contributed by atoms with Gasteiger partial charge >= 0.3 is 5.97 Å². The molecule has 0 fully saturated rings. The fourth-order valence-corrected chi connectivity index (χ4v) is 1.04. The predicted molar refractivity (Wildman–Crippen MR) is 47.4 cm³/mol. The van der Waals surface area contributed by atoms with E-state index in [9.17, 15) is 9.90 Å². The van der Waals surface area contributed by atoms with E-state index in [1.54, 1.807) is 13.8 Å². The van der Waals surface area contributed by atoms with Crippen LogP contribution >= 0.6 is 23.2 Å². The van der Waals surface area contributed by atoms with Crippen molar-refractivity contribution in [2.24, 2.45) is 0 Å². The second-order valence-electron chi connectivity index (χ2n) is 2.27. The van der Waals surface area contributed by atoms with Gasteiger partial charge in [-0.05, 0) is 13.3 Å². The highest BCUT2D eigenvalue weighted by atomic mass is 35.5. The number of aliphatic hydroxyl groups is 1. The van der Waals surface area contributed by atoms with Crippen LogP contribution < -0.4 is 0 Å². The van der Waals surface area contributed by atoms with Crippen molar-refractivity contribution >= 4 is 29.2 Å². The Kier molecular flexibility index (Phi) is 4.90. The number of hydrogen-bond donors (Lipinski definition) is 1. The fourth-order valence-electron chi connectivity index (χ4n) is 0.620. The van der Waals surface area contributed by atoms with Crippen molar-refractivity contribution < 1.29 is 14.6 Å². The summed E-state index contributed by atoms with van der Waals surface area (Å²) in [7, 11) is 0. The molecule has 0 saturated carbocycles. The summed E-state index contributed by atoms with van der Waals surface area (Å²) in [6, 6.07) is 0. The molecule has 3 nitrogen and oxygen atoms in total. The topological polar surface area (TPSA) is 46.5 Å². The molecule has 1 atom stereocenters. The molecule has 0 aliphatic carbocycles. The lowest BCUT2D eigenvalue weighted by Gasteiger charge is -2.22. The van der Waals surface area contributed by atoms with E-state index in [-0.39, 0.29) is 6.61 Å². The van der Waals surface area contributed by atoms with Crippen molar-refractivity contribution in [1.29, 1.82) is 0 Å². The largest absolute Gasteiger partial charge is 0.464 e. The molecule has 0 aliphatic rings. The molecule has 0 bridgehead atoms. The minimum absolute atomic E-state index is 0.191. The van der Waals surface area contributed by atoms with Gasteiger partial charge in [-0.1, -0.05) is 30.1 Å². The quantitative estimate of drug-likeness (QED) is 0.570. The van der Waals surface area contributed by atoms with E-state index in [1.807, 2.05) is 0 Å². The summed E-state index contributed by atoms with van der Waals surface area (Å²) >= 11 is 11.1. The standard InChI is InChI=1S/C7H12Cl2O3/c1-3-5(10)7(8,9)6(11)12-4-2/h5,10H,3-4H2,1-2H3. The Morgan fingerprint density at radius 2 is 2.08 bits per heavy atom. The Balaban J connectivity index is 4.27. The lowest BCUT2D eigenvalue weighted by molar-refractivity contribution is -0.146. The third-order valence-corrected chi connectivity index (χ3v) is 2.17. The Labute approximate surface area is 81.6 Å². The maximum atomic E-state index is 11.0. The van der Waals surface area contributed by atoms with E-state index in [4.69, 9.17) is 23.2 Å². The van der Waals surface area contributed by atoms with E-state index < -0.39 is 16.4 Å². The van der Waals surface area contributed by atoms with Crippen LogP contribution in [0.5, 0.6) is 0 Å². The molecule has 0 rings (SSSR count). The Morgan fingerprint density at radius 3 is 2.42 bits per heavy atom. The third-order valence-electron chi connectivity index (χ3n) is 1.35. The molecule has 0 heterocycles. The van der Waals surface area contributed by atoms with Crippen molar-refractivity contribution in [1.82, 2.24) is 0 Å². The molecular weight excluding hydrogens is 203 g/mol. The van der Waals surface area contributed by atoms with Crippen molar-refractivity contribution in [3.05, 3.63) is 0 Å². The number of aliphatic hydroxyl groups excluding tert-OH is 1. The number of ether oxygens (including phenoxy) is 1. The van der Waals surface area contributed by atoms with Gasteiger partial charge in [0.15, 0.2) is 0 Å². The lowest BCUT2D eigenvalue weighted by Crippen LogP contribution is -2.40. The summed E-state index contributed by atoms with van der Waals surface area (Å²) in [6.45, 7) is 3.50. The first-order chi connectivity index (χ1) is 5.46. The monoisotopic (exact) mass is 214 g/mol. The molecule has 72 valence electrons. The van der Waals surface area contributed by atoms with Gasteiger partial charge < -0.3 is 9.84 Å². The number of hydrogen-bond acceptors (Lipinski definition) is 3. The molecule has 1 N–H and O–H groups in total. The summed E-state index contributed by atoms with van der Waals surface area (Å²) in [6.07, 6.45) is -0.800. The van der Waals surface area contributed by atoms with Crippen LogP contribution in [0.2, 0.25) is 0 Å². The summed E-state index contributed by atoms with van der Waals surface area (Å²) in [5, 5.41) is 9.22. The number of alkyl halides is 2. The number of rotatable bonds is 4. The second-order valence-corrected chi connectivity index (χ2v) is 3.65. The average Bonchev–Trinajstić information content (AvgIpc) is 2.03. The molecule has 12 heavy (non-hydrogen) atoms. The van der Waals surface area contributed by atoms with Gasteiger partial charge in [-0.3, -0.25) is 0 Å². The van der Waals surface area contributed by atoms with E-state index in [0.717, 1.165) is 0 Å². The van der Waals surface area contributed by atoms with Crippen LogP contribution in [0.15, 0.2) is 0 Å². The smallest absolute Gasteiger partial charge is 0.345 e. The molecule has 0 aliphatic heterocycles. The van der Waals surface area contributed by atoms with Gasteiger partial charge in [-0.15, -0.1) is 0 Å². The van der Waals surface area contributed by atoms with Crippen LogP contribution in [0.25, 0.3) is 0 Å². The van der Waals surface area contributed by atoms with E-state index in [0.29, 0.717) is 6.42 Å². The van der Waals surface area contributed by atoms with E-state index in [1.165, 1.54) is 0 Å². The van der Waals surface area contributed by atoms with Crippen molar-refractivity contribution in [2.75, 3.05) is 6.61 Å². The first kappa shape index (κ1) is 12.0. The van der Waals surface area contributed by atoms with Gasteiger partial charge in [0.25, 0.3) is 0 Å². The predicted octanol–water partition coefficient (Wildman–Crippen LogP) is 1.49. The van der Waals surface area contributed by atoms with Crippen molar-refractivity contribution in [2.45, 2.75) is 30.7 Å². The number of halogens is 2. The first-order valence-electron chi connectivity index (χ1n) is 3.69. The van der Waals surface area contributed by atoms with Crippen LogP contribution in [-0.2, 0) is 9.53 Å². The highest BCUT2D eigenvalue weighted by Crippen LogP contribution is 2.28. The molecular formula is C7H12Cl2O3. The van der Waals surface area contributed by atoms with Gasteiger partial charge in [-0.2, -0.15) is 0 Å². The number of carbonyl (C=O) groups excluding carboxylic acids is 1. The minimum atomic E-state index is -1.84. The summed E-state index contributed by atoms with van der Waals surface area (Å²) in [5.41, 5.74) is 0. The summed E-state index contributed by atoms with van der Waals surface area (Å²) < 4.78 is 2.72. The fraction of sp³-hybridized carbons (Fsp3) is 0.857. The number of esters is 1. The van der Waals surface area contributed by atoms with Gasteiger partial charge in [0, 0.05) is 0 Å². The zero-order chi connectivity index (χ0) is 9.78. The molecule has 0 spiro atoms. The van der Waals surface area contributed by atoms with Crippen LogP contribution in [0.3, 0.4) is 0 Å². The third kappa shape index (κ3) is 2.81. The lowest BCUT2D eigenvalue weighted by atomic mass is 10.2. The highest BCUT2D eigenvalue weighted by molar-refractivity contribution is 6.58. The summed E-state index contributed by atoms with van der Waals surface area (Å²) in [5.74, 6) is -0.803. The van der Waals surface area contributed by atoms with Gasteiger partial charge in [0.1, 0.15) is 0 Å². The van der Waals surface area contributed by atoms with Gasteiger partial charge in [0.2, 0.25) is 4.33 Å². The Morgan fingerprint density at radius 1 is 1.58 bits per heavy atom. The molecule has 0 aromatic heterocycles. The minimum Gasteiger partial charge on any atom is -0.464 e. The molecule has 0 saturated heterocycles. The zero-order valence-corrected chi connectivity index (χ0v) is 8.52. The van der Waals surface area contributed by atoms with E-state index in [2.05, 4.69) is 4.74 Å². The maximum Gasteiger partial charge on any atom is 0.345 e. The SMILES string of the molecule is CCOC(=O)C(Cl)(Cl)C(O)CC. The maximum absolute atomic E-state index is 11.0. The van der Waals surface area contributed by atoms with Crippen molar-refractivity contribution in [3.63, 3.8) is 0 Å². The van der Waals surface area contributed by atoms with Crippen molar-refractivity contribution in [3.8, 4) is 0 Å². The molecule has 0 radical (unpaired) electrons.